The predicted molar refractivity (Wildman–Crippen MR) is 53.7 cm³/mol. The lowest BCUT2D eigenvalue weighted by atomic mass is 10.1. The van der Waals surface area contributed by atoms with Gasteiger partial charge in [-0.05, 0) is 19.1 Å². The Kier molecular flexibility index (Phi) is 3.59. The van der Waals surface area contributed by atoms with Gasteiger partial charge < -0.3 is 0 Å². The zero-order valence-corrected chi connectivity index (χ0v) is 8.51. The first kappa shape index (κ1) is 10.4. The summed E-state index contributed by atoms with van der Waals surface area (Å²) in [5.74, 6) is 5.02. The summed E-state index contributed by atoms with van der Waals surface area (Å²) in [6.45, 7) is 1.61. The van der Waals surface area contributed by atoms with Crippen LogP contribution >= 0.6 is 23.2 Å². The maximum Gasteiger partial charge on any atom is 0.143 e. The van der Waals surface area contributed by atoms with Crippen LogP contribution in [0.1, 0.15) is 11.1 Å². The van der Waals surface area contributed by atoms with Crippen LogP contribution in [0.4, 0.5) is 4.39 Å². The van der Waals surface area contributed by atoms with Crippen LogP contribution in [0.2, 0.25) is 5.02 Å². The molecule has 3 heteroatoms. The van der Waals surface area contributed by atoms with Crippen LogP contribution in [0.15, 0.2) is 12.1 Å². The van der Waals surface area contributed by atoms with E-state index in [0.717, 1.165) is 0 Å². The summed E-state index contributed by atoms with van der Waals surface area (Å²) in [7, 11) is 0. The van der Waals surface area contributed by atoms with Crippen molar-refractivity contribution >= 4 is 23.2 Å². The van der Waals surface area contributed by atoms with E-state index in [1.807, 2.05) is 0 Å². The van der Waals surface area contributed by atoms with Crippen molar-refractivity contribution in [2.75, 3.05) is 5.88 Å². The molecule has 0 N–H and O–H groups in total. The molecule has 0 unspecified atom stereocenters. The van der Waals surface area contributed by atoms with E-state index in [1.165, 1.54) is 0 Å². The summed E-state index contributed by atoms with van der Waals surface area (Å²) in [6.07, 6.45) is 0. The first-order chi connectivity index (χ1) is 6.16. The molecule has 0 aromatic heterocycles. The summed E-state index contributed by atoms with van der Waals surface area (Å²) in [5.41, 5.74) is 0.755. The van der Waals surface area contributed by atoms with Gasteiger partial charge in [-0.25, -0.2) is 4.39 Å². The molecule has 0 aliphatic rings. The quantitative estimate of drug-likeness (QED) is 0.461. The Balaban J connectivity index is 3.18. The van der Waals surface area contributed by atoms with Crippen molar-refractivity contribution < 1.29 is 4.39 Å². The highest BCUT2D eigenvalue weighted by molar-refractivity contribution is 6.31. The maximum atomic E-state index is 13.4. The first-order valence-electron chi connectivity index (χ1n) is 3.66. The average molecular weight is 217 g/mol. The maximum absolute atomic E-state index is 13.4. The molecule has 0 radical (unpaired) electrons. The van der Waals surface area contributed by atoms with Gasteiger partial charge in [-0.15, -0.1) is 11.6 Å². The molecular weight excluding hydrogens is 210 g/mol. The smallest absolute Gasteiger partial charge is 0.143 e. The van der Waals surface area contributed by atoms with Gasteiger partial charge in [0.1, 0.15) is 5.82 Å². The molecule has 0 saturated heterocycles. The van der Waals surface area contributed by atoms with E-state index in [4.69, 9.17) is 23.2 Å². The molecule has 1 rings (SSSR count). The van der Waals surface area contributed by atoms with Crippen molar-refractivity contribution in [1.29, 1.82) is 0 Å². The number of alkyl halides is 1. The van der Waals surface area contributed by atoms with E-state index >= 15 is 0 Å². The molecule has 0 amide bonds. The number of benzene rings is 1. The van der Waals surface area contributed by atoms with Gasteiger partial charge in [0.25, 0.3) is 0 Å². The van der Waals surface area contributed by atoms with Crippen molar-refractivity contribution in [1.82, 2.24) is 0 Å². The molecule has 0 aliphatic heterocycles. The molecule has 68 valence electrons. The fraction of sp³-hybridized carbons (Fsp3) is 0.200. The van der Waals surface area contributed by atoms with Crippen LogP contribution in [-0.4, -0.2) is 5.88 Å². The van der Waals surface area contributed by atoms with Gasteiger partial charge >= 0.3 is 0 Å². The van der Waals surface area contributed by atoms with Crippen molar-refractivity contribution in [2.45, 2.75) is 6.92 Å². The summed E-state index contributed by atoms with van der Waals surface area (Å²) in [6, 6.07) is 3.17. The molecule has 13 heavy (non-hydrogen) atoms. The Morgan fingerprint density at radius 3 is 2.77 bits per heavy atom. The number of halogens is 3. The SMILES string of the molecule is Cc1c(Cl)ccc(C#CCCl)c1F. The van der Waals surface area contributed by atoms with Gasteiger partial charge in [-0.2, -0.15) is 0 Å². The molecule has 0 fully saturated rings. The van der Waals surface area contributed by atoms with Crippen LogP contribution in [0.5, 0.6) is 0 Å². The van der Waals surface area contributed by atoms with Crippen LogP contribution in [0.25, 0.3) is 0 Å². The number of hydrogen-bond acceptors (Lipinski definition) is 0. The van der Waals surface area contributed by atoms with Crippen molar-refractivity contribution in [3.63, 3.8) is 0 Å². The second-order valence-electron chi connectivity index (χ2n) is 2.47. The van der Waals surface area contributed by atoms with Gasteiger partial charge in [0.15, 0.2) is 0 Å². The molecule has 0 bridgehead atoms. The van der Waals surface area contributed by atoms with E-state index < -0.39 is 0 Å². The van der Waals surface area contributed by atoms with E-state index in [1.54, 1.807) is 19.1 Å². The minimum atomic E-state index is -0.370. The second-order valence-corrected chi connectivity index (χ2v) is 3.14. The minimum Gasteiger partial charge on any atom is -0.205 e. The largest absolute Gasteiger partial charge is 0.205 e. The molecule has 1 aromatic carbocycles. The molecular formula is C10H7Cl2F. The topological polar surface area (TPSA) is 0 Å². The lowest BCUT2D eigenvalue weighted by molar-refractivity contribution is 0.615. The Labute approximate surface area is 86.7 Å². The van der Waals surface area contributed by atoms with E-state index in [-0.39, 0.29) is 11.7 Å². The van der Waals surface area contributed by atoms with Gasteiger partial charge in [0.2, 0.25) is 0 Å². The third-order valence-corrected chi connectivity index (χ3v) is 2.15. The van der Waals surface area contributed by atoms with Crippen molar-refractivity contribution in [2.24, 2.45) is 0 Å². The highest BCUT2D eigenvalue weighted by Gasteiger charge is 2.05. The lowest BCUT2D eigenvalue weighted by Gasteiger charge is -2.00. The summed E-state index contributed by atoms with van der Waals surface area (Å²) in [5, 5.41) is 0.411. The summed E-state index contributed by atoms with van der Waals surface area (Å²) >= 11 is 11.1. The van der Waals surface area contributed by atoms with E-state index in [9.17, 15) is 4.39 Å². The number of hydrogen-bond donors (Lipinski definition) is 0. The molecule has 0 atom stereocenters. The summed E-state index contributed by atoms with van der Waals surface area (Å²) in [4.78, 5) is 0. The Morgan fingerprint density at radius 2 is 2.15 bits per heavy atom. The van der Waals surface area contributed by atoms with E-state index in [2.05, 4.69) is 11.8 Å². The average Bonchev–Trinajstić information content (AvgIpc) is 2.13. The number of rotatable bonds is 0. The third kappa shape index (κ3) is 2.37. The Morgan fingerprint density at radius 1 is 1.46 bits per heavy atom. The molecule has 0 spiro atoms. The van der Waals surface area contributed by atoms with Crippen LogP contribution in [-0.2, 0) is 0 Å². The summed E-state index contributed by atoms with van der Waals surface area (Å²) < 4.78 is 13.4. The van der Waals surface area contributed by atoms with Crippen LogP contribution in [0.3, 0.4) is 0 Å². The normalized spacial score (nSPS) is 9.23. The third-order valence-electron chi connectivity index (χ3n) is 1.61. The standard InChI is InChI=1S/C10H7Cl2F/c1-7-9(12)5-4-8(10(7)13)3-2-6-11/h4-5H,6H2,1H3. The molecule has 0 nitrogen and oxygen atoms in total. The Bertz CT molecular complexity index is 374. The highest BCUT2D eigenvalue weighted by Crippen LogP contribution is 2.20. The molecule has 0 aliphatic carbocycles. The zero-order valence-electron chi connectivity index (χ0n) is 7.00. The molecule has 0 saturated carbocycles. The molecule has 0 heterocycles. The second kappa shape index (κ2) is 4.50. The van der Waals surface area contributed by atoms with Crippen LogP contribution < -0.4 is 0 Å². The van der Waals surface area contributed by atoms with Gasteiger partial charge in [-0.1, -0.05) is 23.4 Å². The fourth-order valence-corrected chi connectivity index (χ4v) is 1.10. The van der Waals surface area contributed by atoms with Gasteiger partial charge in [0.05, 0.1) is 11.4 Å². The minimum absolute atomic E-state index is 0.196. The van der Waals surface area contributed by atoms with Gasteiger partial charge in [0, 0.05) is 10.6 Å². The van der Waals surface area contributed by atoms with Crippen molar-refractivity contribution in [3.8, 4) is 11.8 Å². The highest BCUT2D eigenvalue weighted by atomic mass is 35.5. The lowest BCUT2D eigenvalue weighted by Crippen LogP contribution is -1.89. The van der Waals surface area contributed by atoms with Gasteiger partial charge in [-0.3, -0.25) is 0 Å². The monoisotopic (exact) mass is 216 g/mol. The molecule has 1 aromatic rings. The first-order valence-corrected chi connectivity index (χ1v) is 4.57. The Hall–Kier alpha value is -0.710. The fourth-order valence-electron chi connectivity index (χ4n) is 0.887. The van der Waals surface area contributed by atoms with E-state index in [0.29, 0.717) is 16.1 Å². The zero-order chi connectivity index (χ0) is 9.84. The van der Waals surface area contributed by atoms with Crippen LogP contribution in [0, 0.1) is 24.6 Å². The van der Waals surface area contributed by atoms with Crippen molar-refractivity contribution in [3.05, 3.63) is 34.1 Å². The predicted octanol–water partition coefficient (Wildman–Crippen LogP) is 3.38.